The summed E-state index contributed by atoms with van der Waals surface area (Å²) < 4.78 is 40.5. The average Bonchev–Trinajstić information content (AvgIpc) is 3.08. The molecular weight excluding hydrogens is 614 g/mol. The maximum atomic E-state index is 14.6. The molecule has 9 nitrogen and oxygen atoms in total. The van der Waals surface area contributed by atoms with E-state index in [9.17, 15) is 18.0 Å². The molecule has 0 bridgehead atoms. The van der Waals surface area contributed by atoms with E-state index in [0.717, 1.165) is 33.0 Å². The average molecular weight is 658 g/mol. The van der Waals surface area contributed by atoms with Crippen molar-refractivity contribution in [1.29, 1.82) is 0 Å². The molecule has 0 unspecified atom stereocenters. The molecule has 1 atom stereocenters. The molecule has 47 heavy (non-hydrogen) atoms. The zero-order chi connectivity index (χ0) is 34.0. The van der Waals surface area contributed by atoms with Gasteiger partial charge in [0.25, 0.3) is 10.0 Å². The summed E-state index contributed by atoms with van der Waals surface area (Å²) in [6.45, 7) is 5.82. The smallest absolute Gasteiger partial charge is 0.264 e. The largest absolute Gasteiger partial charge is 0.493 e. The third kappa shape index (κ3) is 8.71. The second kappa shape index (κ2) is 16.1. The Hall–Kier alpha value is -4.83. The van der Waals surface area contributed by atoms with E-state index in [1.165, 1.54) is 37.3 Å². The van der Waals surface area contributed by atoms with E-state index in [4.69, 9.17) is 9.47 Å². The molecule has 0 aliphatic carbocycles. The zero-order valence-corrected chi connectivity index (χ0v) is 28.4. The van der Waals surface area contributed by atoms with Crippen molar-refractivity contribution in [3.8, 4) is 11.5 Å². The molecular formula is C37H43N3O6S. The van der Waals surface area contributed by atoms with Crippen molar-refractivity contribution < 1.29 is 27.5 Å². The second-order valence-electron chi connectivity index (χ2n) is 11.3. The van der Waals surface area contributed by atoms with Crippen molar-refractivity contribution in [2.24, 2.45) is 0 Å². The maximum absolute atomic E-state index is 14.6. The summed E-state index contributed by atoms with van der Waals surface area (Å²) in [5, 5.41) is 2.97. The van der Waals surface area contributed by atoms with Gasteiger partial charge in [-0.3, -0.25) is 13.9 Å². The van der Waals surface area contributed by atoms with Crippen molar-refractivity contribution >= 4 is 27.5 Å². The van der Waals surface area contributed by atoms with Crippen LogP contribution in [0, 0.1) is 13.8 Å². The standard InChI is InChI=1S/C37H43N3O6S/c1-6-22-38-37(42)33(23-29-13-8-7-9-14-29)39(25-30-15-11-10-12-28(30)3)36(41)26-40(31-18-16-27(2)17-19-31)47(43,44)32-20-21-34(45-4)35(24-32)46-5/h7-21,24,33H,6,22-23,25-26H2,1-5H3,(H,38,42)/t33-/m0/s1. The molecule has 4 aromatic rings. The van der Waals surface area contributed by atoms with E-state index in [-0.39, 0.29) is 29.5 Å². The van der Waals surface area contributed by atoms with Gasteiger partial charge < -0.3 is 19.7 Å². The number of nitrogens with one attached hydrogen (secondary N) is 1. The molecule has 0 saturated carbocycles. The molecule has 0 radical (unpaired) electrons. The van der Waals surface area contributed by atoms with Crippen LogP contribution in [0.2, 0.25) is 0 Å². The molecule has 0 spiro atoms. The minimum Gasteiger partial charge on any atom is -0.493 e. The Kier molecular flexibility index (Phi) is 12.0. The number of carbonyl (C=O) groups excluding carboxylic acids is 2. The van der Waals surface area contributed by atoms with Crippen molar-refractivity contribution in [3.05, 3.63) is 119 Å². The summed E-state index contributed by atoms with van der Waals surface area (Å²) in [5.41, 5.74) is 3.92. The Balaban J connectivity index is 1.82. The van der Waals surface area contributed by atoms with Crippen LogP contribution in [0.3, 0.4) is 0 Å². The van der Waals surface area contributed by atoms with Crippen LogP contribution in [0.1, 0.15) is 35.6 Å². The number of rotatable bonds is 15. The number of hydrogen-bond donors (Lipinski definition) is 1. The Bertz CT molecular complexity index is 1760. The summed E-state index contributed by atoms with van der Waals surface area (Å²) in [4.78, 5) is 29.9. The first kappa shape index (κ1) is 35.0. The van der Waals surface area contributed by atoms with Crippen LogP contribution >= 0.6 is 0 Å². The van der Waals surface area contributed by atoms with Gasteiger partial charge in [0.2, 0.25) is 11.8 Å². The van der Waals surface area contributed by atoms with E-state index in [2.05, 4.69) is 5.32 Å². The molecule has 0 aliphatic heterocycles. The fraction of sp³-hybridized carbons (Fsp3) is 0.297. The SMILES string of the molecule is CCCNC(=O)[C@H](Cc1ccccc1)N(Cc1ccccc1C)C(=O)CN(c1ccc(C)cc1)S(=O)(=O)c1ccc(OC)c(OC)c1. The molecule has 0 saturated heterocycles. The first-order valence-corrected chi connectivity index (χ1v) is 17.0. The first-order valence-electron chi connectivity index (χ1n) is 15.6. The van der Waals surface area contributed by atoms with Gasteiger partial charge in [0.05, 0.1) is 24.8 Å². The molecule has 1 N–H and O–H groups in total. The lowest BCUT2D eigenvalue weighted by atomic mass is 10.0. The van der Waals surface area contributed by atoms with Crippen LogP contribution in [0.25, 0.3) is 0 Å². The Morgan fingerprint density at radius 2 is 1.49 bits per heavy atom. The van der Waals surface area contributed by atoms with Gasteiger partial charge in [0.15, 0.2) is 11.5 Å². The van der Waals surface area contributed by atoms with Gasteiger partial charge in [-0.25, -0.2) is 8.42 Å². The Morgan fingerprint density at radius 3 is 2.13 bits per heavy atom. The normalized spacial score (nSPS) is 11.8. The summed E-state index contributed by atoms with van der Waals surface area (Å²) >= 11 is 0. The van der Waals surface area contributed by atoms with Gasteiger partial charge in [-0.2, -0.15) is 0 Å². The van der Waals surface area contributed by atoms with E-state index in [0.29, 0.717) is 18.0 Å². The van der Waals surface area contributed by atoms with Crippen molar-refractivity contribution in [2.75, 3.05) is 31.6 Å². The number of benzene rings is 4. The van der Waals surface area contributed by atoms with Gasteiger partial charge in [0.1, 0.15) is 12.6 Å². The lowest BCUT2D eigenvalue weighted by Gasteiger charge is -2.34. The first-order chi connectivity index (χ1) is 22.6. The van der Waals surface area contributed by atoms with Crippen LogP contribution in [0.4, 0.5) is 5.69 Å². The summed E-state index contributed by atoms with van der Waals surface area (Å²) in [7, 11) is -1.41. The van der Waals surface area contributed by atoms with E-state index in [1.54, 1.807) is 24.3 Å². The van der Waals surface area contributed by atoms with E-state index >= 15 is 0 Å². The second-order valence-corrected chi connectivity index (χ2v) is 13.2. The lowest BCUT2D eigenvalue weighted by molar-refractivity contribution is -0.140. The molecule has 4 rings (SSSR count). The number of ether oxygens (including phenoxy) is 2. The Morgan fingerprint density at radius 1 is 0.830 bits per heavy atom. The number of methoxy groups -OCH3 is 2. The number of anilines is 1. The Labute approximate surface area is 278 Å². The third-order valence-corrected chi connectivity index (χ3v) is 9.74. The molecule has 2 amide bonds. The third-order valence-electron chi connectivity index (χ3n) is 7.97. The number of nitrogens with zero attached hydrogens (tertiary/aromatic N) is 2. The summed E-state index contributed by atoms with van der Waals surface area (Å²) in [6, 6.07) is 27.5. The quantitative estimate of drug-likeness (QED) is 0.176. The predicted molar refractivity (Wildman–Crippen MR) is 184 cm³/mol. The van der Waals surface area contributed by atoms with E-state index < -0.39 is 28.5 Å². The number of aryl methyl sites for hydroxylation is 2. The highest BCUT2D eigenvalue weighted by atomic mass is 32.2. The van der Waals surface area contributed by atoms with Crippen molar-refractivity contribution in [3.63, 3.8) is 0 Å². The fourth-order valence-electron chi connectivity index (χ4n) is 5.23. The minimum absolute atomic E-state index is 0.0736. The lowest BCUT2D eigenvalue weighted by Crippen LogP contribution is -2.53. The molecule has 0 fully saturated rings. The molecule has 10 heteroatoms. The number of carbonyl (C=O) groups is 2. The highest BCUT2D eigenvalue weighted by Crippen LogP contribution is 2.32. The van der Waals surface area contributed by atoms with Gasteiger partial charge in [-0.15, -0.1) is 0 Å². The number of hydrogen-bond acceptors (Lipinski definition) is 6. The van der Waals surface area contributed by atoms with Gasteiger partial charge >= 0.3 is 0 Å². The van der Waals surface area contributed by atoms with Crippen molar-refractivity contribution in [2.45, 2.75) is 51.1 Å². The molecule has 248 valence electrons. The molecule has 0 aliphatic rings. The number of amides is 2. The number of sulfonamides is 1. The van der Waals surface area contributed by atoms with Crippen LogP contribution in [-0.2, 0) is 32.6 Å². The van der Waals surface area contributed by atoms with Crippen LogP contribution in [0.15, 0.2) is 102 Å². The fourth-order valence-corrected chi connectivity index (χ4v) is 6.67. The monoisotopic (exact) mass is 657 g/mol. The summed E-state index contributed by atoms with van der Waals surface area (Å²) in [5.74, 6) is -0.219. The highest BCUT2D eigenvalue weighted by Gasteiger charge is 2.35. The molecule has 4 aromatic carbocycles. The van der Waals surface area contributed by atoms with Crippen LogP contribution in [-0.4, -0.2) is 58.5 Å². The summed E-state index contributed by atoms with van der Waals surface area (Å²) in [6.07, 6.45) is 0.973. The van der Waals surface area contributed by atoms with Crippen LogP contribution < -0.4 is 19.1 Å². The minimum atomic E-state index is -4.30. The maximum Gasteiger partial charge on any atom is 0.264 e. The van der Waals surface area contributed by atoms with Gasteiger partial charge in [-0.1, -0.05) is 79.2 Å². The molecule has 0 aromatic heterocycles. The highest BCUT2D eigenvalue weighted by molar-refractivity contribution is 7.92. The topological polar surface area (TPSA) is 105 Å². The van der Waals surface area contributed by atoms with Gasteiger partial charge in [-0.05, 0) is 61.2 Å². The van der Waals surface area contributed by atoms with E-state index in [1.807, 2.05) is 75.4 Å². The van der Waals surface area contributed by atoms with Crippen LogP contribution in [0.5, 0.6) is 11.5 Å². The molecule has 0 heterocycles. The van der Waals surface area contributed by atoms with Crippen molar-refractivity contribution in [1.82, 2.24) is 10.2 Å². The predicted octanol–water partition coefficient (Wildman–Crippen LogP) is 5.68. The van der Waals surface area contributed by atoms with Gasteiger partial charge in [0, 0.05) is 25.6 Å². The zero-order valence-electron chi connectivity index (χ0n) is 27.6.